The Morgan fingerprint density at radius 3 is 2.81 bits per heavy atom. The Balaban J connectivity index is 2.09. The molecule has 1 aliphatic rings. The van der Waals surface area contributed by atoms with Crippen molar-refractivity contribution in [1.82, 2.24) is 4.90 Å². The fourth-order valence-electron chi connectivity index (χ4n) is 1.76. The maximum absolute atomic E-state index is 11.4. The minimum atomic E-state index is -0.372. The molecule has 0 aliphatic carbocycles. The van der Waals surface area contributed by atoms with Crippen LogP contribution in [0.3, 0.4) is 0 Å². The first kappa shape index (κ1) is 10.7. The number of carbonyl (C=O) groups is 2. The zero-order chi connectivity index (χ0) is 11.5. The SMILES string of the molecule is COc1cccc(CN2CCC(=O)C2=O)c1. The largest absolute Gasteiger partial charge is 0.497 e. The van der Waals surface area contributed by atoms with Crippen molar-refractivity contribution in [3.05, 3.63) is 29.8 Å². The summed E-state index contributed by atoms with van der Waals surface area (Å²) in [5.74, 6) is 0.0983. The lowest BCUT2D eigenvalue weighted by atomic mass is 10.2. The van der Waals surface area contributed by atoms with Crippen LogP contribution in [-0.2, 0) is 16.1 Å². The molecule has 0 saturated carbocycles. The van der Waals surface area contributed by atoms with E-state index < -0.39 is 0 Å². The molecule has 1 aromatic rings. The number of methoxy groups -OCH3 is 1. The smallest absolute Gasteiger partial charge is 0.290 e. The molecule has 0 unspecified atom stereocenters. The van der Waals surface area contributed by atoms with Gasteiger partial charge in [0.1, 0.15) is 5.75 Å². The number of benzene rings is 1. The maximum atomic E-state index is 11.4. The van der Waals surface area contributed by atoms with Crippen molar-refractivity contribution >= 4 is 11.7 Å². The Labute approximate surface area is 93.8 Å². The van der Waals surface area contributed by atoms with E-state index in [1.54, 1.807) is 12.0 Å². The number of hydrogen-bond acceptors (Lipinski definition) is 3. The van der Waals surface area contributed by atoms with E-state index in [4.69, 9.17) is 4.74 Å². The van der Waals surface area contributed by atoms with Gasteiger partial charge in [-0.3, -0.25) is 9.59 Å². The number of Topliss-reactive ketones (excluding diaryl/α,β-unsaturated/α-hetero) is 1. The topological polar surface area (TPSA) is 46.6 Å². The Kier molecular flexibility index (Phi) is 2.90. The van der Waals surface area contributed by atoms with Crippen molar-refractivity contribution < 1.29 is 14.3 Å². The lowest BCUT2D eigenvalue weighted by molar-refractivity contribution is -0.140. The van der Waals surface area contributed by atoms with E-state index in [9.17, 15) is 9.59 Å². The highest BCUT2D eigenvalue weighted by atomic mass is 16.5. The van der Waals surface area contributed by atoms with Crippen LogP contribution in [0.25, 0.3) is 0 Å². The molecule has 84 valence electrons. The molecule has 1 aliphatic heterocycles. The van der Waals surface area contributed by atoms with Gasteiger partial charge in [0.15, 0.2) is 0 Å². The zero-order valence-electron chi connectivity index (χ0n) is 9.10. The number of rotatable bonds is 3. The number of ketones is 1. The maximum Gasteiger partial charge on any atom is 0.290 e. The van der Waals surface area contributed by atoms with Crippen LogP contribution in [0.1, 0.15) is 12.0 Å². The molecule has 1 fully saturated rings. The molecule has 4 nitrogen and oxygen atoms in total. The number of ether oxygens (including phenoxy) is 1. The van der Waals surface area contributed by atoms with Crippen molar-refractivity contribution in [2.45, 2.75) is 13.0 Å². The summed E-state index contributed by atoms with van der Waals surface area (Å²) >= 11 is 0. The highest BCUT2D eigenvalue weighted by Gasteiger charge is 2.28. The predicted octanol–water partition coefficient (Wildman–Crippen LogP) is 0.997. The van der Waals surface area contributed by atoms with Crippen molar-refractivity contribution in [3.63, 3.8) is 0 Å². The third kappa shape index (κ3) is 2.05. The monoisotopic (exact) mass is 219 g/mol. The van der Waals surface area contributed by atoms with Crippen LogP contribution in [0.4, 0.5) is 0 Å². The van der Waals surface area contributed by atoms with Crippen molar-refractivity contribution in [3.8, 4) is 5.75 Å². The molecule has 2 rings (SSSR count). The molecular weight excluding hydrogens is 206 g/mol. The molecule has 0 radical (unpaired) electrons. The Morgan fingerprint density at radius 2 is 2.19 bits per heavy atom. The molecule has 1 amide bonds. The molecule has 4 heteroatoms. The van der Waals surface area contributed by atoms with Gasteiger partial charge >= 0.3 is 0 Å². The van der Waals surface area contributed by atoms with Gasteiger partial charge in [-0.25, -0.2) is 0 Å². The van der Waals surface area contributed by atoms with Crippen LogP contribution < -0.4 is 4.74 Å². The van der Waals surface area contributed by atoms with Gasteiger partial charge in [-0.05, 0) is 17.7 Å². The van der Waals surface area contributed by atoms with Crippen LogP contribution in [0.15, 0.2) is 24.3 Å². The first-order valence-corrected chi connectivity index (χ1v) is 5.16. The predicted molar refractivity (Wildman–Crippen MR) is 58.0 cm³/mol. The molecule has 1 aromatic carbocycles. The van der Waals surface area contributed by atoms with E-state index in [-0.39, 0.29) is 11.7 Å². The second-order valence-electron chi connectivity index (χ2n) is 3.75. The second-order valence-corrected chi connectivity index (χ2v) is 3.75. The first-order valence-electron chi connectivity index (χ1n) is 5.16. The first-order chi connectivity index (χ1) is 7.70. The quantitative estimate of drug-likeness (QED) is 0.712. The number of amides is 1. The summed E-state index contributed by atoms with van der Waals surface area (Å²) in [7, 11) is 1.60. The third-order valence-electron chi connectivity index (χ3n) is 2.64. The van der Waals surface area contributed by atoms with E-state index in [0.29, 0.717) is 19.5 Å². The average Bonchev–Trinajstić information content (AvgIpc) is 2.61. The van der Waals surface area contributed by atoms with E-state index in [1.807, 2.05) is 24.3 Å². The van der Waals surface area contributed by atoms with Gasteiger partial charge in [0.2, 0.25) is 5.78 Å². The van der Waals surface area contributed by atoms with Gasteiger partial charge in [-0.15, -0.1) is 0 Å². The number of likely N-dealkylation sites (tertiary alicyclic amines) is 1. The van der Waals surface area contributed by atoms with Gasteiger partial charge in [-0.1, -0.05) is 12.1 Å². The van der Waals surface area contributed by atoms with Gasteiger partial charge in [0, 0.05) is 19.5 Å². The van der Waals surface area contributed by atoms with Gasteiger partial charge in [-0.2, -0.15) is 0 Å². The van der Waals surface area contributed by atoms with Crippen LogP contribution >= 0.6 is 0 Å². The molecule has 0 atom stereocenters. The third-order valence-corrected chi connectivity index (χ3v) is 2.64. The van der Waals surface area contributed by atoms with Crippen LogP contribution in [0.2, 0.25) is 0 Å². The minimum Gasteiger partial charge on any atom is -0.497 e. The fourth-order valence-corrected chi connectivity index (χ4v) is 1.76. The Hall–Kier alpha value is -1.84. The number of hydrogen-bond donors (Lipinski definition) is 0. The zero-order valence-corrected chi connectivity index (χ0v) is 9.10. The van der Waals surface area contributed by atoms with Crippen molar-refractivity contribution in [2.24, 2.45) is 0 Å². The van der Waals surface area contributed by atoms with Crippen molar-refractivity contribution in [1.29, 1.82) is 0 Å². The minimum absolute atomic E-state index is 0.289. The van der Waals surface area contributed by atoms with Gasteiger partial charge in [0.25, 0.3) is 5.91 Å². The Morgan fingerprint density at radius 1 is 1.38 bits per heavy atom. The molecule has 0 N–H and O–H groups in total. The van der Waals surface area contributed by atoms with Gasteiger partial charge < -0.3 is 9.64 Å². The molecule has 1 heterocycles. The van der Waals surface area contributed by atoms with Crippen LogP contribution in [0, 0.1) is 0 Å². The summed E-state index contributed by atoms with van der Waals surface area (Å²) in [6.45, 7) is 0.997. The van der Waals surface area contributed by atoms with Crippen molar-refractivity contribution in [2.75, 3.05) is 13.7 Å². The molecule has 0 spiro atoms. The summed E-state index contributed by atoms with van der Waals surface area (Å²) < 4.78 is 5.10. The average molecular weight is 219 g/mol. The summed E-state index contributed by atoms with van der Waals surface area (Å²) in [6, 6.07) is 7.51. The summed E-state index contributed by atoms with van der Waals surface area (Å²) in [6.07, 6.45) is 0.336. The normalized spacial score (nSPS) is 15.7. The van der Waals surface area contributed by atoms with Crippen LogP contribution in [-0.4, -0.2) is 30.2 Å². The lowest BCUT2D eigenvalue weighted by Gasteiger charge is -2.14. The van der Waals surface area contributed by atoms with Gasteiger partial charge in [0.05, 0.1) is 7.11 Å². The second kappa shape index (κ2) is 4.35. The number of carbonyl (C=O) groups excluding carboxylic acids is 2. The van der Waals surface area contributed by atoms with E-state index in [2.05, 4.69) is 0 Å². The Bertz CT molecular complexity index is 428. The lowest BCUT2D eigenvalue weighted by Crippen LogP contribution is -2.26. The molecular formula is C12H13NO3. The molecule has 16 heavy (non-hydrogen) atoms. The van der Waals surface area contributed by atoms with Crippen LogP contribution in [0.5, 0.6) is 5.75 Å². The standard InChI is InChI=1S/C12H13NO3/c1-16-10-4-2-3-9(7-10)8-13-6-5-11(14)12(13)15/h2-4,7H,5-6,8H2,1H3. The van der Waals surface area contributed by atoms with E-state index >= 15 is 0 Å². The summed E-state index contributed by atoms with van der Waals surface area (Å²) in [5, 5.41) is 0. The highest BCUT2D eigenvalue weighted by molar-refractivity contribution is 6.37. The molecule has 0 aromatic heterocycles. The fraction of sp³-hybridized carbons (Fsp3) is 0.333. The number of nitrogens with zero attached hydrogens (tertiary/aromatic N) is 1. The summed E-state index contributed by atoms with van der Waals surface area (Å²) in [4.78, 5) is 24.1. The highest BCUT2D eigenvalue weighted by Crippen LogP contribution is 2.16. The molecule has 0 bridgehead atoms. The van der Waals surface area contributed by atoms with E-state index in [1.165, 1.54) is 0 Å². The molecule has 1 saturated heterocycles. The van der Waals surface area contributed by atoms with E-state index in [0.717, 1.165) is 11.3 Å². The summed E-state index contributed by atoms with van der Waals surface area (Å²) in [5.41, 5.74) is 0.974.